The van der Waals surface area contributed by atoms with Crippen LogP contribution in [0.25, 0.3) is 0 Å². The summed E-state index contributed by atoms with van der Waals surface area (Å²) in [7, 11) is 0. The molecule has 0 saturated carbocycles. The Morgan fingerprint density at radius 2 is 1.27 bits per heavy atom. The van der Waals surface area contributed by atoms with Gasteiger partial charge in [-0.25, -0.2) is 0 Å². The molecule has 3 heteroatoms. The second-order valence-corrected chi connectivity index (χ2v) is 6.44. The number of phenols is 1. The lowest BCUT2D eigenvalue weighted by Crippen LogP contribution is -2.35. The minimum atomic E-state index is -0.764. The van der Waals surface area contributed by atoms with Gasteiger partial charge in [-0.2, -0.15) is 0 Å². The van der Waals surface area contributed by atoms with Crippen LogP contribution in [-0.4, -0.2) is 16.7 Å². The monoisotopic (exact) mass is 296 g/mol. The van der Waals surface area contributed by atoms with Gasteiger partial charge in [0.15, 0.2) is 11.6 Å². The number of carbonyl (C=O) groups is 2. The molecule has 22 heavy (non-hydrogen) atoms. The fraction of sp³-hybridized carbons (Fsp3) is 0.263. The number of rotatable bonds is 4. The molecule has 2 rings (SSSR count). The zero-order chi connectivity index (χ0) is 16.3. The first-order valence-electron chi connectivity index (χ1n) is 7.23. The summed E-state index contributed by atoms with van der Waals surface area (Å²) in [5.41, 5.74) is 0.471. The highest BCUT2D eigenvalue weighted by molar-refractivity contribution is 6.16. The summed E-state index contributed by atoms with van der Waals surface area (Å²) in [6.07, 6.45) is 0. The average molecular weight is 296 g/mol. The molecule has 0 aliphatic carbocycles. The molecule has 0 amide bonds. The molecule has 114 valence electrons. The van der Waals surface area contributed by atoms with Crippen molar-refractivity contribution in [3.63, 3.8) is 0 Å². The number of hydrogen-bond donors (Lipinski definition) is 1. The lowest BCUT2D eigenvalue weighted by Gasteiger charge is -2.28. The largest absolute Gasteiger partial charge is 0.508 e. The third kappa shape index (κ3) is 3.42. The predicted molar refractivity (Wildman–Crippen MR) is 86.2 cm³/mol. The van der Waals surface area contributed by atoms with Crippen molar-refractivity contribution in [3.05, 3.63) is 65.7 Å². The highest BCUT2D eigenvalue weighted by Crippen LogP contribution is 2.32. The van der Waals surface area contributed by atoms with E-state index in [-0.39, 0.29) is 17.3 Å². The van der Waals surface area contributed by atoms with Crippen molar-refractivity contribution in [3.8, 4) is 5.75 Å². The van der Waals surface area contributed by atoms with Crippen molar-refractivity contribution >= 4 is 11.6 Å². The molecule has 0 aromatic heterocycles. The van der Waals surface area contributed by atoms with Crippen LogP contribution in [0.4, 0.5) is 0 Å². The summed E-state index contributed by atoms with van der Waals surface area (Å²) in [6.45, 7) is 5.66. The third-order valence-electron chi connectivity index (χ3n) is 3.60. The zero-order valence-corrected chi connectivity index (χ0v) is 13.0. The normalized spacial score (nSPS) is 12.7. The fourth-order valence-corrected chi connectivity index (χ4v) is 2.47. The molecular formula is C19H20O3. The zero-order valence-electron chi connectivity index (χ0n) is 13.0. The van der Waals surface area contributed by atoms with Gasteiger partial charge in [0, 0.05) is 11.1 Å². The molecule has 1 atom stereocenters. The van der Waals surface area contributed by atoms with Crippen LogP contribution in [0.3, 0.4) is 0 Å². The van der Waals surface area contributed by atoms with E-state index in [0.29, 0.717) is 11.1 Å². The summed E-state index contributed by atoms with van der Waals surface area (Å²) in [6, 6.07) is 14.9. The quantitative estimate of drug-likeness (QED) is 0.682. The van der Waals surface area contributed by atoms with Crippen LogP contribution in [0.5, 0.6) is 5.75 Å². The van der Waals surface area contributed by atoms with Gasteiger partial charge in [0.05, 0.1) is 5.92 Å². The van der Waals surface area contributed by atoms with E-state index in [9.17, 15) is 14.7 Å². The van der Waals surface area contributed by atoms with E-state index < -0.39 is 11.3 Å². The van der Waals surface area contributed by atoms with E-state index in [1.54, 1.807) is 36.4 Å². The Kier molecular flexibility index (Phi) is 4.45. The summed E-state index contributed by atoms with van der Waals surface area (Å²) in [5.74, 6) is -1.06. The predicted octanol–water partition coefficient (Wildman–Crippen LogP) is 4.12. The van der Waals surface area contributed by atoms with Crippen molar-refractivity contribution in [1.82, 2.24) is 0 Å². The maximum Gasteiger partial charge on any atom is 0.174 e. The molecule has 3 nitrogen and oxygen atoms in total. The van der Waals surface area contributed by atoms with Crippen LogP contribution < -0.4 is 0 Å². The highest BCUT2D eigenvalue weighted by Gasteiger charge is 2.38. The van der Waals surface area contributed by atoms with E-state index >= 15 is 0 Å². The standard InChI is InChI=1S/C19H20O3/c1-19(2,3)16(17(21)13-7-5-4-6-8-13)18(22)14-9-11-15(20)12-10-14/h4-12,16,20H,1-3H3. The van der Waals surface area contributed by atoms with Gasteiger partial charge in [0.1, 0.15) is 5.75 Å². The number of ketones is 2. The summed E-state index contributed by atoms with van der Waals surface area (Å²) in [4.78, 5) is 25.6. The van der Waals surface area contributed by atoms with Crippen molar-refractivity contribution < 1.29 is 14.7 Å². The first-order valence-corrected chi connectivity index (χ1v) is 7.23. The molecule has 2 aromatic carbocycles. The van der Waals surface area contributed by atoms with Gasteiger partial charge in [0.25, 0.3) is 0 Å². The Hall–Kier alpha value is -2.42. The molecule has 0 bridgehead atoms. The maximum absolute atomic E-state index is 12.8. The topological polar surface area (TPSA) is 54.4 Å². The second kappa shape index (κ2) is 6.14. The van der Waals surface area contributed by atoms with E-state index in [0.717, 1.165) is 0 Å². The smallest absolute Gasteiger partial charge is 0.174 e. The highest BCUT2D eigenvalue weighted by atomic mass is 16.3. The number of benzene rings is 2. The van der Waals surface area contributed by atoms with Crippen LogP contribution in [0.15, 0.2) is 54.6 Å². The van der Waals surface area contributed by atoms with Gasteiger partial charge in [-0.05, 0) is 29.7 Å². The van der Waals surface area contributed by atoms with Crippen molar-refractivity contribution in [2.45, 2.75) is 20.8 Å². The van der Waals surface area contributed by atoms with Crippen molar-refractivity contribution in [2.75, 3.05) is 0 Å². The van der Waals surface area contributed by atoms with E-state index in [4.69, 9.17) is 0 Å². The lowest BCUT2D eigenvalue weighted by atomic mass is 9.72. The van der Waals surface area contributed by atoms with Crippen LogP contribution in [-0.2, 0) is 0 Å². The number of hydrogen-bond acceptors (Lipinski definition) is 3. The molecule has 0 radical (unpaired) electrons. The third-order valence-corrected chi connectivity index (χ3v) is 3.60. The SMILES string of the molecule is CC(C)(C)C(C(=O)c1ccccc1)C(=O)c1ccc(O)cc1. The number of phenolic OH excluding ortho intramolecular Hbond substituents is 1. The molecule has 1 unspecified atom stereocenters. The van der Waals surface area contributed by atoms with Crippen LogP contribution >= 0.6 is 0 Å². The van der Waals surface area contributed by atoms with E-state index in [2.05, 4.69) is 0 Å². The molecule has 0 aliphatic heterocycles. The van der Waals surface area contributed by atoms with E-state index in [1.807, 2.05) is 26.8 Å². The van der Waals surface area contributed by atoms with Crippen molar-refractivity contribution in [2.24, 2.45) is 11.3 Å². The number of Topliss-reactive ketones (excluding diaryl/α,β-unsaturated/α-hetero) is 2. The summed E-state index contributed by atoms with van der Waals surface area (Å²) >= 11 is 0. The molecule has 0 heterocycles. The Balaban J connectivity index is 2.41. The molecule has 0 fully saturated rings. The molecule has 1 N–H and O–H groups in total. The Bertz CT molecular complexity index is 664. The van der Waals surface area contributed by atoms with E-state index in [1.165, 1.54) is 12.1 Å². The second-order valence-electron chi connectivity index (χ2n) is 6.44. The minimum Gasteiger partial charge on any atom is -0.508 e. The number of carbonyl (C=O) groups excluding carboxylic acids is 2. The Morgan fingerprint density at radius 3 is 1.73 bits per heavy atom. The lowest BCUT2D eigenvalue weighted by molar-refractivity contribution is 0.0694. The fourth-order valence-electron chi connectivity index (χ4n) is 2.47. The molecule has 0 aliphatic rings. The average Bonchev–Trinajstić information content (AvgIpc) is 2.47. The van der Waals surface area contributed by atoms with Crippen LogP contribution in [0, 0.1) is 11.3 Å². The van der Waals surface area contributed by atoms with Gasteiger partial charge in [0.2, 0.25) is 0 Å². The maximum atomic E-state index is 12.8. The first kappa shape index (κ1) is 16.0. The van der Waals surface area contributed by atoms with Crippen molar-refractivity contribution in [1.29, 1.82) is 0 Å². The minimum absolute atomic E-state index is 0.0956. The van der Waals surface area contributed by atoms with Gasteiger partial charge in [-0.1, -0.05) is 51.1 Å². The first-order chi connectivity index (χ1) is 10.3. The van der Waals surface area contributed by atoms with Crippen LogP contribution in [0.2, 0.25) is 0 Å². The number of aromatic hydroxyl groups is 1. The van der Waals surface area contributed by atoms with Gasteiger partial charge < -0.3 is 5.11 Å². The Labute approximate surface area is 130 Å². The van der Waals surface area contributed by atoms with Gasteiger partial charge >= 0.3 is 0 Å². The molecule has 0 saturated heterocycles. The summed E-state index contributed by atoms with van der Waals surface area (Å²) in [5, 5.41) is 9.35. The van der Waals surface area contributed by atoms with Gasteiger partial charge in [-0.3, -0.25) is 9.59 Å². The van der Waals surface area contributed by atoms with Gasteiger partial charge in [-0.15, -0.1) is 0 Å². The molecule has 2 aromatic rings. The molecular weight excluding hydrogens is 276 g/mol. The van der Waals surface area contributed by atoms with Crippen LogP contribution in [0.1, 0.15) is 41.5 Å². The summed E-state index contributed by atoms with van der Waals surface area (Å²) < 4.78 is 0. The molecule has 0 spiro atoms. The Morgan fingerprint density at radius 1 is 0.818 bits per heavy atom.